The molecule has 1 aliphatic carbocycles. The Kier molecular flexibility index (Phi) is 9.50. The monoisotopic (exact) mass is 471 g/mol. The summed E-state index contributed by atoms with van der Waals surface area (Å²) in [6.07, 6.45) is 14.8. The number of anilines is 1. The van der Waals surface area contributed by atoms with Gasteiger partial charge in [0.1, 0.15) is 5.82 Å². The first kappa shape index (κ1) is 21.3. The number of hydrogen-bond acceptors (Lipinski definition) is 3. The summed E-state index contributed by atoms with van der Waals surface area (Å²) in [7, 11) is 0. The Balaban J connectivity index is 0.00000243. The Labute approximate surface area is 175 Å². The number of aromatic nitrogens is 1. The molecule has 5 nitrogen and oxygen atoms in total. The van der Waals surface area contributed by atoms with E-state index < -0.39 is 0 Å². The normalized spacial score (nSPS) is 20.0. The number of nitrogens with one attached hydrogen (secondary N) is 1. The van der Waals surface area contributed by atoms with E-state index in [0.29, 0.717) is 18.5 Å². The Morgan fingerprint density at radius 3 is 2.42 bits per heavy atom. The van der Waals surface area contributed by atoms with Gasteiger partial charge in [0.2, 0.25) is 0 Å². The molecule has 0 atom stereocenters. The second-order valence-corrected chi connectivity index (χ2v) is 7.46. The van der Waals surface area contributed by atoms with Gasteiger partial charge in [0.15, 0.2) is 5.96 Å². The zero-order valence-electron chi connectivity index (χ0n) is 15.8. The lowest BCUT2D eigenvalue weighted by molar-refractivity contribution is 0.530. The third-order valence-electron chi connectivity index (χ3n) is 5.38. The predicted octanol–water partition coefficient (Wildman–Crippen LogP) is 4.21. The maximum atomic E-state index is 6.12. The number of halogens is 1. The van der Waals surface area contributed by atoms with Gasteiger partial charge in [-0.25, -0.2) is 9.98 Å². The van der Waals surface area contributed by atoms with E-state index in [-0.39, 0.29) is 24.0 Å². The van der Waals surface area contributed by atoms with E-state index in [0.717, 1.165) is 18.9 Å². The minimum absolute atomic E-state index is 0. The first-order valence-electron chi connectivity index (χ1n) is 10.1. The van der Waals surface area contributed by atoms with E-state index in [9.17, 15) is 0 Å². The summed E-state index contributed by atoms with van der Waals surface area (Å²) in [6.45, 7) is 2.85. The van der Waals surface area contributed by atoms with Crippen molar-refractivity contribution in [2.45, 2.75) is 76.8 Å². The number of nitrogens with zero attached hydrogens (tertiary/aromatic N) is 3. The molecule has 6 heteroatoms. The van der Waals surface area contributed by atoms with Crippen molar-refractivity contribution >= 4 is 35.8 Å². The summed E-state index contributed by atoms with van der Waals surface area (Å²) in [4.78, 5) is 11.5. The molecule has 1 aromatic rings. The smallest absolute Gasteiger partial charge is 0.189 e. The molecule has 0 amide bonds. The number of nitrogens with two attached hydrogens (primary N) is 1. The first-order valence-corrected chi connectivity index (χ1v) is 10.1. The van der Waals surface area contributed by atoms with Crippen LogP contribution in [0.1, 0.15) is 69.8 Å². The lowest BCUT2D eigenvalue weighted by Gasteiger charge is -2.21. The molecule has 0 bridgehead atoms. The molecular weight excluding hydrogens is 437 g/mol. The molecule has 2 heterocycles. The van der Waals surface area contributed by atoms with Crippen LogP contribution in [-0.2, 0) is 6.54 Å². The molecule has 0 spiro atoms. The van der Waals surface area contributed by atoms with Crippen LogP contribution in [0, 0.1) is 0 Å². The van der Waals surface area contributed by atoms with Crippen LogP contribution in [0.4, 0.5) is 5.82 Å². The highest BCUT2D eigenvalue weighted by molar-refractivity contribution is 14.0. The summed E-state index contributed by atoms with van der Waals surface area (Å²) in [6, 6.07) is 4.72. The lowest BCUT2D eigenvalue weighted by atomic mass is 10.1. The van der Waals surface area contributed by atoms with Crippen molar-refractivity contribution in [2.75, 3.05) is 18.0 Å². The van der Waals surface area contributed by atoms with Crippen molar-refractivity contribution in [3.63, 3.8) is 0 Å². The maximum absolute atomic E-state index is 6.12. The molecule has 1 aliphatic heterocycles. The fraction of sp³-hybridized carbons (Fsp3) is 0.700. The number of guanidine groups is 1. The van der Waals surface area contributed by atoms with Crippen molar-refractivity contribution in [3.05, 3.63) is 23.9 Å². The minimum Gasteiger partial charge on any atom is -0.370 e. The van der Waals surface area contributed by atoms with Crippen LogP contribution in [0.3, 0.4) is 0 Å². The van der Waals surface area contributed by atoms with E-state index >= 15 is 0 Å². The molecule has 3 N–H and O–H groups in total. The van der Waals surface area contributed by atoms with Gasteiger partial charge in [-0.3, -0.25) is 0 Å². The molecule has 1 saturated heterocycles. The van der Waals surface area contributed by atoms with Gasteiger partial charge in [0, 0.05) is 25.3 Å². The van der Waals surface area contributed by atoms with E-state index in [1.54, 1.807) is 0 Å². The quantitative estimate of drug-likeness (QED) is 0.299. The van der Waals surface area contributed by atoms with Gasteiger partial charge in [0.05, 0.1) is 6.54 Å². The topological polar surface area (TPSA) is 66.5 Å². The van der Waals surface area contributed by atoms with Crippen molar-refractivity contribution in [1.29, 1.82) is 0 Å². The van der Waals surface area contributed by atoms with Crippen LogP contribution >= 0.6 is 24.0 Å². The minimum atomic E-state index is 0. The fourth-order valence-electron chi connectivity index (χ4n) is 3.89. The SMILES string of the molecule is I.NC(=NCc1ccnc(N2CCCCCC2)c1)NC1CCCCCC1. The van der Waals surface area contributed by atoms with E-state index in [2.05, 4.69) is 26.3 Å². The Morgan fingerprint density at radius 2 is 1.73 bits per heavy atom. The van der Waals surface area contributed by atoms with E-state index in [1.165, 1.54) is 69.8 Å². The van der Waals surface area contributed by atoms with E-state index in [4.69, 9.17) is 5.73 Å². The third kappa shape index (κ3) is 6.93. The van der Waals surface area contributed by atoms with Crippen LogP contribution in [0.25, 0.3) is 0 Å². The van der Waals surface area contributed by atoms with Crippen LogP contribution < -0.4 is 16.0 Å². The van der Waals surface area contributed by atoms with Gasteiger partial charge >= 0.3 is 0 Å². The van der Waals surface area contributed by atoms with Crippen molar-refractivity contribution in [2.24, 2.45) is 10.7 Å². The maximum Gasteiger partial charge on any atom is 0.189 e. The van der Waals surface area contributed by atoms with Crippen LogP contribution in [0.2, 0.25) is 0 Å². The summed E-state index contributed by atoms with van der Waals surface area (Å²) in [5.74, 6) is 1.67. The van der Waals surface area contributed by atoms with Gasteiger partial charge in [-0.2, -0.15) is 0 Å². The molecule has 2 fully saturated rings. The molecule has 1 aromatic heterocycles. The number of aliphatic imine (C=N–C) groups is 1. The average molecular weight is 471 g/mol. The Morgan fingerprint density at radius 1 is 1.08 bits per heavy atom. The molecular formula is C20H34IN5. The van der Waals surface area contributed by atoms with Gasteiger partial charge in [-0.05, 0) is 43.4 Å². The number of pyridine rings is 1. The van der Waals surface area contributed by atoms with Crippen LogP contribution in [-0.4, -0.2) is 30.1 Å². The molecule has 3 rings (SSSR count). The molecule has 26 heavy (non-hydrogen) atoms. The number of rotatable bonds is 4. The van der Waals surface area contributed by atoms with Gasteiger partial charge in [0.25, 0.3) is 0 Å². The van der Waals surface area contributed by atoms with Gasteiger partial charge < -0.3 is 16.0 Å². The second kappa shape index (κ2) is 11.6. The second-order valence-electron chi connectivity index (χ2n) is 7.46. The zero-order chi connectivity index (χ0) is 17.3. The largest absolute Gasteiger partial charge is 0.370 e. The Hall–Kier alpha value is -1.05. The summed E-state index contributed by atoms with van der Waals surface area (Å²) >= 11 is 0. The van der Waals surface area contributed by atoms with E-state index in [1.807, 2.05) is 12.3 Å². The van der Waals surface area contributed by atoms with Crippen molar-refractivity contribution in [1.82, 2.24) is 10.3 Å². The Bertz CT molecular complexity index is 547. The molecule has 146 valence electrons. The fourth-order valence-corrected chi connectivity index (χ4v) is 3.89. The van der Waals surface area contributed by atoms with Crippen molar-refractivity contribution in [3.8, 4) is 0 Å². The molecule has 0 unspecified atom stereocenters. The molecule has 0 radical (unpaired) electrons. The molecule has 1 saturated carbocycles. The van der Waals surface area contributed by atoms with Gasteiger partial charge in [-0.1, -0.05) is 38.5 Å². The third-order valence-corrected chi connectivity index (χ3v) is 5.38. The summed E-state index contributed by atoms with van der Waals surface area (Å²) < 4.78 is 0. The zero-order valence-corrected chi connectivity index (χ0v) is 18.2. The molecule has 2 aliphatic rings. The summed E-state index contributed by atoms with van der Waals surface area (Å²) in [5, 5.41) is 3.42. The highest BCUT2D eigenvalue weighted by Crippen LogP contribution is 2.19. The predicted molar refractivity (Wildman–Crippen MR) is 120 cm³/mol. The molecule has 0 aromatic carbocycles. The highest BCUT2D eigenvalue weighted by atomic mass is 127. The first-order chi connectivity index (χ1) is 12.3. The van der Waals surface area contributed by atoms with Gasteiger partial charge in [-0.15, -0.1) is 24.0 Å². The lowest BCUT2D eigenvalue weighted by Crippen LogP contribution is -2.39. The van der Waals surface area contributed by atoms with Crippen LogP contribution in [0.15, 0.2) is 23.3 Å². The highest BCUT2D eigenvalue weighted by Gasteiger charge is 2.13. The average Bonchev–Trinajstić information content (AvgIpc) is 3.05. The van der Waals surface area contributed by atoms with Crippen molar-refractivity contribution < 1.29 is 0 Å². The van der Waals surface area contributed by atoms with Crippen LogP contribution in [0.5, 0.6) is 0 Å². The summed E-state index contributed by atoms with van der Waals surface area (Å²) in [5.41, 5.74) is 7.30. The number of hydrogen-bond donors (Lipinski definition) is 2. The standard InChI is InChI=1S/C20H33N5.HI/c21-20(24-18-9-5-1-2-6-10-18)23-16-17-11-12-22-19(15-17)25-13-7-3-4-8-14-25;/h11-12,15,18H,1-10,13-14,16H2,(H3,21,23,24);1H.